The fraction of sp³-hybridized carbons (Fsp3) is 0.381. The van der Waals surface area contributed by atoms with Gasteiger partial charge in [0, 0.05) is 17.9 Å². The van der Waals surface area contributed by atoms with Gasteiger partial charge in [-0.05, 0) is 30.7 Å². The third-order valence-corrected chi connectivity index (χ3v) is 5.24. The Hall–Kier alpha value is -2.53. The Kier molecular flexibility index (Phi) is 4.32. The van der Waals surface area contributed by atoms with Gasteiger partial charge >= 0.3 is 0 Å². The van der Waals surface area contributed by atoms with E-state index < -0.39 is 0 Å². The molecule has 0 bridgehead atoms. The maximum atomic E-state index is 12.7. The zero-order valence-corrected chi connectivity index (χ0v) is 15.1. The first-order valence-electron chi connectivity index (χ1n) is 9.17. The van der Waals surface area contributed by atoms with Crippen LogP contribution in [0.4, 0.5) is 0 Å². The number of carbonyl (C=O) groups is 1. The molecule has 2 aromatic rings. The number of quaternary nitrogens is 1. The van der Waals surface area contributed by atoms with E-state index in [-0.39, 0.29) is 17.3 Å². The van der Waals surface area contributed by atoms with Crippen LogP contribution in [0.2, 0.25) is 0 Å². The number of piperidine rings is 1. The Morgan fingerprint density at radius 2 is 2.00 bits per heavy atom. The van der Waals surface area contributed by atoms with E-state index in [1.165, 1.54) is 11.3 Å². The summed E-state index contributed by atoms with van der Waals surface area (Å²) in [5, 5.41) is 10.4. The molecule has 1 fully saturated rings. The van der Waals surface area contributed by atoms with Crippen molar-refractivity contribution in [1.29, 1.82) is 0 Å². The van der Waals surface area contributed by atoms with Gasteiger partial charge < -0.3 is 19.2 Å². The number of aromatic hydroxyl groups is 1. The van der Waals surface area contributed by atoms with E-state index in [0.717, 1.165) is 18.7 Å². The molecule has 0 radical (unpaired) electrons. The lowest BCUT2D eigenvalue weighted by Gasteiger charge is -2.32. The number of Topliss-reactive ketones (excluding diaryl/α,β-unsaturated/α-hetero) is 1. The summed E-state index contributed by atoms with van der Waals surface area (Å²) in [6, 6.07) is 6.77. The minimum absolute atomic E-state index is 0.173. The van der Waals surface area contributed by atoms with Gasteiger partial charge in [0.25, 0.3) is 0 Å². The predicted molar refractivity (Wildman–Crippen MR) is 97.1 cm³/mol. The number of phenolic OH excluding ortho intramolecular Hbond substituents is 1. The maximum Gasteiger partial charge on any atom is 0.232 e. The third kappa shape index (κ3) is 3.15. The van der Waals surface area contributed by atoms with Crippen molar-refractivity contribution < 1.29 is 24.0 Å². The highest BCUT2D eigenvalue weighted by atomic mass is 16.5. The van der Waals surface area contributed by atoms with E-state index in [9.17, 15) is 9.90 Å². The normalized spacial score (nSPS) is 26.8. The summed E-state index contributed by atoms with van der Waals surface area (Å²) in [6.45, 7) is 7.34. The second kappa shape index (κ2) is 6.65. The van der Waals surface area contributed by atoms with Crippen molar-refractivity contribution in [3.8, 4) is 11.5 Å². The Morgan fingerprint density at radius 3 is 2.69 bits per heavy atom. The number of fused-ring (bicyclic) bond motifs is 1. The Bertz CT molecular complexity index is 843. The Labute approximate surface area is 152 Å². The summed E-state index contributed by atoms with van der Waals surface area (Å²) in [5.74, 6) is 2.62. The molecule has 1 unspecified atom stereocenters. The number of likely N-dealkylation sites (tertiary alicyclic amines) is 1. The summed E-state index contributed by atoms with van der Waals surface area (Å²) in [7, 11) is 0. The van der Waals surface area contributed by atoms with Crippen LogP contribution in [0.25, 0.3) is 6.08 Å². The van der Waals surface area contributed by atoms with Gasteiger partial charge in [0.05, 0.1) is 30.5 Å². The molecule has 0 aliphatic carbocycles. The van der Waals surface area contributed by atoms with Crippen LogP contribution in [0, 0.1) is 11.8 Å². The van der Waals surface area contributed by atoms with Gasteiger partial charge in [-0.2, -0.15) is 0 Å². The Balaban J connectivity index is 1.64. The van der Waals surface area contributed by atoms with Gasteiger partial charge in [-0.15, -0.1) is 0 Å². The van der Waals surface area contributed by atoms with E-state index in [0.29, 0.717) is 35.5 Å². The minimum atomic E-state index is -0.173. The first-order valence-corrected chi connectivity index (χ1v) is 9.17. The molecule has 1 saturated heterocycles. The fourth-order valence-electron chi connectivity index (χ4n) is 4.29. The van der Waals surface area contributed by atoms with Gasteiger partial charge in [-0.25, -0.2) is 0 Å². The van der Waals surface area contributed by atoms with Crippen LogP contribution in [0.1, 0.15) is 41.9 Å². The van der Waals surface area contributed by atoms with Crippen molar-refractivity contribution >= 4 is 11.9 Å². The average molecular weight is 354 g/mol. The summed E-state index contributed by atoms with van der Waals surface area (Å²) < 4.78 is 11.2. The molecule has 1 aromatic heterocycles. The monoisotopic (exact) mass is 354 g/mol. The smallest absolute Gasteiger partial charge is 0.232 e. The number of benzene rings is 1. The molecule has 5 nitrogen and oxygen atoms in total. The van der Waals surface area contributed by atoms with Crippen molar-refractivity contribution in [3.63, 3.8) is 0 Å². The van der Waals surface area contributed by atoms with E-state index in [2.05, 4.69) is 13.8 Å². The van der Waals surface area contributed by atoms with Gasteiger partial charge in [0.1, 0.15) is 18.1 Å². The lowest BCUT2D eigenvalue weighted by Crippen LogP contribution is -3.13. The second-order valence-corrected chi connectivity index (χ2v) is 7.68. The fourth-order valence-corrected chi connectivity index (χ4v) is 4.29. The van der Waals surface area contributed by atoms with Crippen molar-refractivity contribution in [3.05, 3.63) is 53.2 Å². The van der Waals surface area contributed by atoms with E-state index in [4.69, 9.17) is 9.15 Å². The molecule has 3 atom stereocenters. The molecule has 2 N–H and O–H groups in total. The van der Waals surface area contributed by atoms with Gasteiger partial charge in [-0.1, -0.05) is 13.8 Å². The number of allylic oxidation sites excluding steroid dienone is 1. The molecule has 4 rings (SSSR count). The SMILES string of the molecule is C[C@@H]1C[C@H](C)C[NH+](Cc2c(O)ccc3c2OC(=Cc2ccco2)C3=O)C1. The summed E-state index contributed by atoms with van der Waals surface area (Å²) in [6.07, 6.45) is 4.40. The third-order valence-electron chi connectivity index (χ3n) is 5.24. The molecule has 5 heteroatoms. The van der Waals surface area contributed by atoms with Gasteiger partial charge in [0.15, 0.2) is 11.5 Å². The van der Waals surface area contributed by atoms with Gasteiger partial charge in [-0.3, -0.25) is 4.79 Å². The second-order valence-electron chi connectivity index (χ2n) is 7.68. The predicted octanol–water partition coefficient (Wildman–Crippen LogP) is 2.66. The van der Waals surface area contributed by atoms with Gasteiger partial charge in [0.2, 0.25) is 5.78 Å². The first-order chi connectivity index (χ1) is 12.5. The summed E-state index contributed by atoms with van der Waals surface area (Å²) >= 11 is 0. The van der Waals surface area contributed by atoms with Crippen LogP contribution in [-0.2, 0) is 6.54 Å². The minimum Gasteiger partial charge on any atom is -0.507 e. The van der Waals surface area contributed by atoms with E-state index >= 15 is 0 Å². The Morgan fingerprint density at radius 1 is 1.23 bits per heavy atom. The largest absolute Gasteiger partial charge is 0.507 e. The topological polar surface area (TPSA) is 64.1 Å². The van der Waals surface area contributed by atoms with Crippen LogP contribution in [0.3, 0.4) is 0 Å². The molecule has 3 heterocycles. The van der Waals surface area contributed by atoms with Crippen LogP contribution < -0.4 is 9.64 Å². The number of ketones is 1. The van der Waals surface area contributed by atoms with E-state index in [1.54, 1.807) is 36.6 Å². The number of hydrogen-bond donors (Lipinski definition) is 2. The molecular weight excluding hydrogens is 330 g/mol. The van der Waals surface area contributed by atoms with Crippen LogP contribution in [0.5, 0.6) is 11.5 Å². The average Bonchev–Trinajstić information content (AvgIpc) is 3.19. The zero-order chi connectivity index (χ0) is 18.3. The number of furan rings is 1. The number of nitrogens with one attached hydrogen (secondary N) is 1. The number of rotatable bonds is 3. The number of carbonyl (C=O) groups excluding carboxylic acids is 1. The number of hydrogen-bond acceptors (Lipinski definition) is 4. The molecular formula is C21H24NO4+. The highest BCUT2D eigenvalue weighted by molar-refractivity contribution is 6.14. The van der Waals surface area contributed by atoms with Crippen molar-refractivity contribution in [1.82, 2.24) is 0 Å². The van der Waals surface area contributed by atoms with Crippen molar-refractivity contribution in [2.45, 2.75) is 26.8 Å². The summed E-state index contributed by atoms with van der Waals surface area (Å²) in [4.78, 5) is 14.1. The molecule has 2 aliphatic heterocycles. The summed E-state index contributed by atoms with van der Waals surface area (Å²) in [5.41, 5.74) is 1.23. The van der Waals surface area contributed by atoms with E-state index in [1.807, 2.05) is 0 Å². The highest BCUT2D eigenvalue weighted by Gasteiger charge is 2.34. The standard InChI is InChI=1S/C21H23NO4/c1-13-8-14(2)11-22(10-13)12-17-18(23)6-5-16-20(24)19(26-21(16)17)9-15-4-3-7-25-15/h3-7,9,13-14,23H,8,10-12H2,1-2H3/p+1/t13-,14+. The lowest BCUT2D eigenvalue weighted by molar-refractivity contribution is -0.925. The number of phenols is 1. The van der Waals surface area contributed by atoms with Crippen LogP contribution >= 0.6 is 0 Å². The van der Waals surface area contributed by atoms with Crippen LogP contribution in [0.15, 0.2) is 40.7 Å². The van der Waals surface area contributed by atoms with Crippen molar-refractivity contribution in [2.24, 2.45) is 11.8 Å². The molecule has 0 saturated carbocycles. The maximum absolute atomic E-state index is 12.7. The molecule has 0 amide bonds. The molecule has 2 aliphatic rings. The molecule has 136 valence electrons. The highest BCUT2D eigenvalue weighted by Crippen LogP contribution is 2.39. The van der Waals surface area contributed by atoms with Crippen molar-refractivity contribution in [2.75, 3.05) is 13.1 Å². The molecule has 1 aromatic carbocycles. The van der Waals surface area contributed by atoms with Crippen LogP contribution in [-0.4, -0.2) is 24.0 Å². The number of ether oxygens (including phenoxy) is 1. The molecule has 26 heavy (non-hydrogen) atoms. The first kappa shape index (κ1) is 16.9. The molecule has 0 spiro atoms. The quantitative estimate of drug-likeness (QED) is 0.832. The zero-order valence-electron chi connectivity index (χ0n) is 15.1. The lowest BCUT2D eigenvalue weighted by atomic mass is 9.91.